The Morgan fingerprint density at radius 1 is 1.25 bits per heavy atom. The summed E-state index contributed by atoms with van der Waals surface area (Å²) in [6, 6.07) is 0. The number of amides is 1. The van der Waals surface area contributed by atoms with Crippen LogP contribution in [0.1, 0.15) is 56.6 Å². The Bertz CT molecular complexity index is 661. The molecule has 8 nitrogen and oxygen atoms in total. The molecule has 28 heavy (non-hydrogen) atoms. The van der Waals surface area contributed by atoms with E-state index in [1.165, 1.54) is 19.3 Å². The molecular weight excluding hydrogens is 469 g/mol. The summed E-state index contributed by atoms with van der Waals surface area (Å²) in [4.78, 5) is 17.9. The third-order valence-electron chi connectivity index (χ3n) is 5.57. The van der Waals surface area contributed by atoms with Gasteiger partial charge in [0.15, 0.2) is 5.96 Å². The highest BCUT2D eigenvalue weighted by Gasteiger charge is 2.23. The number of aromatic nitrogens is 3. The van der Waals surface area contributed by atoms with Crippen molar-refractivity contribution in [3.63, 3.8) is 0 Å². The molecule has 0 aromatic carbocycles. The van der Waals surface area contributed by atoms with Gasteiger partial charge in [-0.15, -0.1) is 34.2 Å². The van der Waals surface area contributed by atoms with Gasteiger partial charge in [-0.05, 0) is 38.0 Å². The molecule has 158 valence electrons. The van der Waals surface area contributed by atoms with Gasteiger partial charge >= 0.3 is 0 Å². The number of guanidine groups is 1. The number of nitrogens with zero attached hydrogens (tertiary/aromatic N) is 5. The van der Waals surface area contributed by atoms with Gasteiger partial charge in [-0.25, -0.2) is 0 Å². The molecule has 0 spiro atoms. The molecule has 9 heteroatoms. The number of carbonyl (C=O) groups is 1. The van der Waals surface area contributed by atoms with Crippen LogP contribution in [0.4, 0.5) is 0 Å². The van der Waals surface area contributed by atoms with Crippen molar-refractivity contribution in [2.75, 3.05) is 26.7 Å². The van der Waals surface area contributed by atoms with Gasteiger partial charge in [0.2, 0.25) is 5.91 Å². The smallest absolute Gasteiger partial charge is 0.217 e. The monoisotopic (exact) mass is 503 g/mol. The maximum absolute atomic E-state index is 11.2. The molecule has 2 aliphatic heterocycles. The molecule has 1 saturated heterocycles. The second-order valence-corrected chi connectivity index (χ2v) is 7.70. The SMILES string of the molecule is CN=C(NCCCc1nnc2n1CCCCC2)N1CCCC(CC(N)=O)C1.I. The van der Waals surface area contributed by atoms with E-state index in [1.807, 2.05) is 7.05 Å². The van der Waals surface area contributed by atoms with E-state index in [4.69, 9.17) is 5.73 Å². The summed E-state index contributed by atoms with van der Waals surface area (Å²) in [6.07, 6.45) is 9.32. The molecule has 0 radical (unpaired) electrons. The highest BCUT2D eigenvalue weighted by atomic mass is 127. The van der Waals surface area contributed by atoms with Crippen molar-refractivity contribution in [2.24, 2.45) is 16.6 Å². The van der Waals surface area contributed by atoms with Crippen LogP contribution in [0.2, 0.25) is 0 Å². The molecule has 1 aromatic heterocycles. The van der Waals surface area contributed by atoms with Crippen molar-refractivity contribution >= 4 is 35.8 Å². The van der Waals surface area contributed by atoms with Crippen LogP contribution in [-0.4, -0.2) is 58.2 Å². The Balaban J connectivity index is 0.00000280. The van der Waals surface area contributed by atoms with Crippen molar-refractivity contribution < 1.29 is 4.79 Å². The number of nitrogens with two attached hydrogens (primary N) is 1. The van der Waals surface area contributed by atoms with Crippen molar-refractivity contribution in [1.82, 2.24) is 25.0 Å². The van der Waals surface area contributed by atoms with E-state index in [0.29, 0.717) is 12.3 Å². The van der Waals surface area contributed by atoms with Crippen molar-refractivity contribution in [3.8, 4) is 0 Å². The van der Waals surface area contributed by atoms with Gasteiger partial charge in [0.1, 0.15) is 11.6 Å². The summed E-state index contributed by atoms with van der Waals surface area (Å²) < 4.78 is 2.32. The largest absolute Gasteiger partial charge is 0.370 e. The average Bonchev–Trinajstić information content (AvgIpc) is 2.88. The van der Waals surface area contributed by atoms with Gasteiger partial charge in [0, 0.05) is 52.5 Å². The van der Waals surface area contributed by atoms with E-state index in [9.17, 15) is 4.79 Å². The standard InChI is InChI=1S/C19H33N7O.HI/c1-21-19(25-11-6-7-15(14-25)13-16(20)27)22-10-5-9-18-24-23-17-8-3-2-4-12-26(17)18;/h15H,2-14H2,1H3,(H2,20,27)(H,21,22);1H. The molecule has 3 N–H and O–H groups in total. The fourth-order valence-electron chi connectivity index (χ4n) is 4.22. The zero-order valence-electron chi connectivity index (χ0n) is 16.9. The number of nitrogens with one attached hydrogen (secondary N) is 1. The average molecular weight is 503 g/mol. The number of aryl methyl sites for hydroxylation is 2. The molecular formula is C19H34IN7O. The fourth-order valence-corrected chi connectivity index (χ4v) is 4.22. The number of likely N-dealkylation sites (tertiary alicyclic amines) is 1. The first-order valence-electron chi connectivity index (χ1n) is 10.3. The molecule has 1 amide bonds. The Morgan fingerprint density at radius 2 is 2.11 bits per heavy atom. The van der Waals surface area contributed by atoms with Crippen molar-refractivity contribution in [2.45, 2.75) is 64.3 Å². The van der Waals surface area contributed by atoms with Crippen LogP contribution in [0.5, 0.6) is 0 Å². The Kier molecular flexibility index (Phi) is 9.46. The minimum Gasteiger partial charge on any atom is -0.370 e. The first-order chi connectivity index (χ1) is 13.2. The minimum absolute atomic E-state index is 0. The van der Waals surface area contributed by atoms with Crippen LogP contribution in [-0.2, 0) is 24.2 Å². The van der Waals surface area contributed by atoms with Crippen LogP contribution >= 0.6 is 24.0 Å². The van der Waals surface area contributed by atoms with E-state index < -0.39 is 0 Å². The molecule has 0 saturated carbocycles. The zero-order valence-corrected chi connectivity index (χ0v) is 19.2. The number of rotatable bonds is 6. The number of halogens is 1. The number of carbonyl (C=O) groups excluding carboxylic acids is 1. The Hall–Kier alpha value is -1.39. The summed E-state index contributed by atoms with van der Waals surface area (Å²) >= 11 is 0. The fraction of sp³-hybridized carbons (Fsp3) is 0.789. The lowest BCUT2D eigenvalue weighted by molar-refractivity contribution is -0.119. The molecule has 1 unspecified atom stereocenters. The van der Waals surface area contributed by atoms with E-state index >= 15 is 0 Å². The van der Waals surface area contributed by atoms with Crippen LogP contribution in [0.15, 0.2) is 4.99 Å². The molecule has 0 bridgehead atoms. The number of primary amides is 1. The van der Waals surface area contributed by atoms with Gasteiger partial charge in [-0.1, -0.05) is 6.42 Å². The van der Waals surface area contributed by atoms with Crippen molar-refractivity contribution in [3.05, 3.63) is 11.6 Å². The van der Waals surface area contributed by atoms with Crippen LogP contribution in [0.3, 0.4) is 0 Å². The van der Waals surface area contributed by atoms with Gasteiger partial charge in [0.25, 0.3) is 0 Å². The van der Waals surface area contributed by atoms with E-state index in [2.05, 4.69) is 30.0 Å². The Morgan fingerprint density at radius 3 is 2.89 bits per heavy atom. The summed E-state index contributed by atoms with van der Waals surface area (Å²) in [5.74, 6) is 3.31. The number of hydrogen-bond donors (Lipinski definition) is 2. The zero-order chi connectivity index (χ0) is 19.1. The third-order valence-corrected chi connectivity index (χ3v) is 5.57. The first-order valence-corrected chi connectivity index (χ1v) is 10.3. The third kappa shape index (κ3) is 6.31. The molecule has 1 aromatic rings. The topological polar surface area (TPSA) is 101 Å². The molecule has 1 atom stereocenters. The predicted molar refractivity (Wildman–Crippen MR) is 121 cm³/mol. The van der Waals surface area contributed by atoms with Gasteiger partial charge in [-0.2, -0.15) is 0 Å². The normalized spacial score (nSPS) is 20.1. The first kappa shape index (κ1) is 22.9. The van der Waals surface area contributed by atoms with Gasteiger partial charge in [0.05, 0.1) is 0 Å². The van der Waals surface area contributed by atoms with E-state index in [0.717, 1.165) is 75.9 Å². The maximum Gasteiger partial charge on any atom is 0.217 e. The van der Waals surface area contributed by atoms with Crippen LogP contribution < -0.4 is 11.1 Å². The maximum atomic E-state index is 11.2. The minimum atomic E-state index is -0.211. The summed E-state index contributed by atoms with van der Waals surface area (Å²) in [5, 5.41) is 12.2. The van der Waals surface area contributed by atoms with E-state index in [1.54, 1.807) is 0 Å². The number of fused-ring (bicyclic) bond motifs is 1. The lowest BCUT2D eigenvalue weighted by atomic mass is 9.95. The highest BCUT2D eigenvalue weighted by molar-refractivity contribution is 14.0. The highest BCUT2D eigenvalue weighted by Crippen LogP contribution is 2.19. The molecule has 1 fully saturated rings. The quantitative estimate of drug-likeness (QED) is 0.267. The second-order valence-electron chi connectivity index (χ2n) is 7.70. The summed E-state index contributed by atoms with van der Waals surface area (Å²) in [5.41, 5.74) is 5.36. The number of aliphatic imine (C=N–C) groups is 1. The lowest BCUT2D eigenvalue weighted by Gasteiger charge is -2.34. The van der Waals surface area contributed by atoms with Gasteiger partial charge < -0.3 is 20.5 Å². The lowest BCUT2D eigenvalue weighted by Crippen LogP contribution is -2.47. The molecule has 2 aliphatic rings. The molecule has 3 heterocycles. The predicted octanol–water partition coefficient (Wildman–Crippen LogP) is 1.72. The van der Waals surface area contributed by atoms with Crippen molar-refractivity contribution in [1.29, 1.82) is 0 Å². The molecule has 3 rings (SSSR count). The van der Waals surface area contributed by atoms with Gasteiger partial charge in [-0.3, -0.25) is 9.79 Å². The number of hydrogen-bond acceptors (Lipinski definition) is 4. The van der Waals surface area contributed by atoms with Crippen LogP contribution in [0, 0.1) is 5.92 Å². The summed E-state index contributed by atoms with van der Waals surface area (Å²) in [6.45, 7) is 3.74. The summed E-state index contributed by atoms with van der Waals surface area (Å²) in [7, 11) is 1.82. The number of piperidine rings is 1. The van der Waals surface area contributed by atoms with Crippen LogP contribution in [0.25, 0.3) is 0 Å². The molecule has 0 aliphatic carbocycles. The van der Waals surface area contributed by atoms with E-state index in [-0.39, 0.29) is 29.9 Å². The Labute approximate surface area is 184 Å². The second kappa shape index (κ2) is 11.6.